The molecule has 0 unspecified atom stereocenters. The number of fused-ring (bicyclic) bond motifs is 1. The number of nitrogens with two attached hydrogens (primary N) is 1. The molecule has 2 fully saturated rings. The molecule has 0 aromatic rings. The third-order valence-corrected chi connectivity index (χ3v) is 7.08. The van der Waals surface area contributed by atoms with Crippen LogP contribution in [0.15, 0.2) is 22.3 Å². The highest BCUT2D eigenvalue weighted by Crippen LogP contribution is 2.51. The fraction of sp³-hybridized carbons (Fsp3) is 0.611. The third kappa shape index (κ3) is 3.39. The summed E-state index contributed by atoms with van der Waals surface area (Å²) in [6.07, 6.45) is 1.73. The zero-order valence-corrected chi connectivity index (χ0v) is 16.3. The summed E-state index contributed by atoms with van der Waals surface area (Å²) in [4.78, 5) is 37.4. The van der Waals surface area contributed by atoms with Crippen molar-refractivity contribution in [2.75, 3.05) is 6.54 Å². The fourth-order valence-electron chi connectivity index (χ4n) is 4.19. The summed E-state index contributed by atoms with van der Waals surface area (Å²) in [6.45, 7) is 5.81. The molecule has 148 valence electrons. The van der Waals surface area contributed by atoms with Gasteiger partial charge in [0.2, 0.25) is 11.8 Å². The number of carboxylic acids is 1. The molecule has 8 nitrogen and oxygen atoms in total. The summed E-state index contributed by atoms with van der Waals surface area (Å²) >= 11 is 1.48. The van der Waals surface area contributed by atoms with E-state index in [4.69, 9.17) is 5.73 Å². The molecular formula is C18H25N3O5S. The van der Waals surface area contributed by atoms with Gasteiger partial charge in [0.05, 0.1) is 18.1 Å². The molecule has 0 bridgehead atoms. The van der Waals surface area contributed by atoms with Crippen molar-refractivity contribution in [1.29, 1.82) is 0 Å². The summed E-state index contributed by atoms with van der Waals surface area (Å²) in [5, 5.41) is 23.0. The van der Waals surface area contributed by atoms with Gasteiger partial charge in [-0.25, -0.2) is 4.79 Å². The Morgan fingerprint density at radius 2 is 2.11 bits per heavy atom. The van der Waals surface area contributed by atoms with Crippen molar-refractivity contribution in [3.8, 4) is 0 Å². The zero-order chi connectivity index (χ0) is 20.0. The van der Waals surface area contributed by atoms with E-state index in [9.17, 15) is 24.6 Å². The molecule has 0 radical (unpaired) electrons. The number of rotatable bonds is 6. The van der Waals surface area contributed by atoms with E-state index in [0.29, 0.717) is 17.0 Å². The maximum atomic E-state index is 12.4. The van der Waals surface area contributed by atoms with E-state index in [-0.39, 0.29) is 34.9 Å². The first-order chi connectivity index (χ1) is 12.6. The van der Waals surface area contributed by atoms with Crippen LogP contribution in [0.1, 0.15) is 27.2 Å². The van der Waals surface area contributed by atoms with Crippen LogP contribution in [-0.4, -0.2) is 62.9 Å². The number of nitrogens with one attached hydrogen (secondary N) is 1. The molecule has 5 N–H and O–H groups in total. The predicted octanol–water partition coefficient (Wildman–Crippen LogP) is 0.0354. The van der Waals surface area contributed by atoms with Crippen molar-refractivity contribution in [3.63, 3.8) is 0 Å². The maximum Gasteiger partial charge on any atom is 0.353 e. The Kier molecular flexibility index (Phi) is 5.38. The summed E-state index contributed by atoms with van der Waals surface area (Å²) in [5.74, 6) is -2.59. The molecule has 9 heteroatoms. The molecule has 6 atom stereocenters. The maximum absolute atomic E-state index is 12.4. The largest absolute Gasteiger partial charge is 0.477 e. The number of aliphatic hydroxyl groups is 1. The van der Waals surface area contributed by atoms with Crippen LogP contribution in [0, 0.1) is 11.8 Å². The lowest BCUT2D eigenvalue weighted by atomic mass is 9.79. The Labute approximate surface area is 161 Å². The number of thioether (sulfide) groups is 1. The van der Waals surface area contributed by atoms with Crippen LogP contribution < -0.4 is 11.1 Å². The van der Waals surface area contributed by atoms with Crippen molar-refractivity contribution in [1.82, 2.24) is 10.2 Å². The summed E-state index contributed by atoms with van der Waals surface area (Å²) < 4.78 is 0. The smallest absolute Gasteiger partial charge is 0.353 e. The van der Waals surface area contributed by atoms with E-state index in [0.717, 1.165) is 6.42 Å². The lowest BCUT2D eigenvalue weighted by Gasteiger charge is -2.46. The van der Waals surface area contributed by atoms with Crippen LogP contribution in [0.5, 0.6) is 0 Å². The number of carbonyl (C=O) groups excluding carboxylic acids is 2. The Morgan fingerprint density at radius 3 is 2.67 bits per heavy atom. The van der Waals surface area contributed by atoms with E-state index in [1.54, 1.807) is 19.9 Å². The van der Waals surface area contributed by atoms with Gasteiger partial charge in [-0.1, -0.05) is 13.0 Å². The number of carboxylic acid groups (broad SMARTS) is 1. The topological polar surface area (TPSA) is 133 Å². The molecule has 2 saturated heterocycles. The highest BCUT2D eigenvalue weighted by atomic mass is 32.2. The van der Waals surface area contributed by atoms with Gasteiger partial charge >= 0.3 is 5.97 Å². The Balaban J connectivity index is 1.77. The summed E-state index contributed by atoms with van der Waals surface area (Å²) in [5.41, 5.74) is 5.81. The van der Waals surface area contributed by atoms with E-state index in [1.807, 2.05) is 6.92 Å². The van der Waals surface area contributed by atoms with Gasteiger partial charge in [0.1, 0.15) is 5.70 Å². The first kappa shape index (κ1) is 19.9. The summed E-state index contributed by atoms with van der Waals surface area (Å²) in [7, 11) is 0. The van der Waals surface area contributed by atoms with E-state index < -0.39 is 23.9 Å². The average Bonchev–Trinajstić information content (AvgIpc) is 3.09. The van der Waals surface area contributed by atoms with Crippen molar-refractivity contribution < 1.29 is 24.6 Å². The lowest BCUT2D eigenvalue weighted by Crippen LogP contribution is -2.63. The van der Waals surface area contributed by atoms with E-state index in [1.165, 1.54) is 16.7 Å². The third-order valence-electron chi connectivity index (χ3n) is 5.57. The van der Waals surface area contributed by atoms with Gasteiger partial charge in [-0.3, -0.25) is 9.59 Å². The van der Waals surface area contributed by atoms with Gasteiger partial charge in [0, 0.05) is 34.2 Å². The van der Waals surface area contributed by atoms with Crippen LogP contribution in [0.25, 0.3) is 0 Å². The first-order valence-corrected chi connectivity index (χ1v) is 9.88. The van der Waals surface area contributed by atoms with Crippen LogP contribution in [0.4, 0.5) is 0 Å². The van der Waals surface area contributed by atoms with Crippen LogP contribution >= 0.6 is 11.8 Å². The van der Waals surface area contributed by atoms with Crippen LogP contribution in [0.2, 0.25) is 0 Å². The Hall–Kier alpha value is -1.84. The molecule has 3 aliphatic heterocycles. The van der Waals surface area contributed by atoms with Gasteiger partial charge in [-0.05, 0) is 20.3 Å². The number of hydrogen-bond acceptors (Lipinski definition) is 6. The number of aliphatic hydroxyl groups excluding tert-OH is 1. The Morgan fingerprint density at radius 1 is 1.44 bits per heavy atom. The van der Waals surface area contributed by atoms with Gasteiger partial charge in [-0.15, -0.1) is 11.8 Å². The number of carbonyl (C=O) groups is 3. The molecule has 3 heterocycles. The predicted molar refractivity (Wildman–Crippen MR) is 100 cm³/mol. The second kappa shape index (κ2) is 7.29. The standard InChI is InChI=1S/C18H25N3O5S/c1-7(16(19)23)4-10-5-11(6-20-10)27-15-8(2)13-12(9(3)22)17(24)21(13)14(15)18(25)26/h4,8-13,20,22H,5-6H2,1-3H3,(H2,19,23)(H,25,26)/t8-,9-,10-,11+,12-,13-/m1/s1. The van der Waals surface area contributed by atoms with Crippen molar-refractivity contribution >= 4 is 29.5 Å². The molecule has 0 aromatic heterocycles. The monoisotopic (exact) mass is 395 g/mol. The number of primary amides is 1. The quantitative estimate of drug-likeness (QED) is 0.368. The highest BCUT2D eigenvalue weighted by molar-refractivity contribution is 8.03. The van der Waals surface area contributed by atoms with E-state index in [2.05, 4.69) is 5.32 Å². The van der Waals surface area contributed by atoms with E-state index >= 15 is 0 Å². The minimum absolute atomic E-state index is 0.00413. The molecule has 0 aromatic carbocycles. The lowest BCUT2D eigenvalue weighted by molar-refractivity contribution is -0.163. The molecule has 0 spiro atoms. The molecule has 3 rings (SSSR count). The minimum Gasteiger partial charge on any atom is -0.477 e. The highest BCUT2D eigenvalue weighted by Gasteiger charge is 2.60. The van der Waals surface area contributed by atoms with Crippen molar-refractivity contribution in [3.05, 3.63) is 22.3 Å². The fourth-order valence-corrected chi connectivity index (χ4v) is 5.69. The zero-order valence-electron chi connectivity index (χ0n) is 15.5. The van der Waals surface area contributed by atoms with Gasteiger partial charge in [0.25, 0.3) is 0 Å². The van der Waals surface area contributed by atoms with Crippen LogP contribution in [-0.2, 0) is 14.4 Å². The van der Waals surface area contributed by atoms with Gasteiger partial charge in [-0.2, -0.15) is 0 Å². The number of nitrogens with zero attached hydrogens (tertiary/aromatic N) is 1. The normalized spacial score (nSPS) is 34.5. The SMILES string of the molecule is CC(=C[C@@H]1C[C@H](SC2=C(C(=O)O)N3C(=O)[C@H]([C@@H](C)O)[C@H]3[C@H]2C)CN1)C(N)=O. The molecule has 27 heavy (non-hydrogen) atoms. The average molecular weight is 395 g/mol. The van der Waals surface area contributed by atoms with Crippen molar-refractivity contribution in [2.45, 2.75) is 50.6 Å². The number of hydrogen-bond donors (Lipinski definition) is 4. The molecule has 2 amide bonds. The second-order valence-electron chi connectivity index (χ2n) is 7.48. The summed E-state index contributed by atoms with van der Waals surface area (Å²) in [6, 6.07) is -0.294. The first-order valence-electron chi connectivity index (χ1n) is 9.00. The molecule has 0 saturated carbocycles. The van der Waals surface area contributed by atoms with Crippen molar-refractivity contribution in [2.24, 2.45) is 17.6 Å². The molecule has 0 aliphatic carbocycles. The number of amides is 2. The second-order valence-corrected chi connectivity index (χ2v) is 8.82. The number of β-lactam (4-membered cyclic amide) rings is 1. The molecule has 3 aliphatic rings. The van der Waals surface area contributed by atoms with Gasteiger partial charge in [0.15, 0.2) is 0 Å². The van der Waals surface area contributed by atoms with Gasteiger partial charge < -0.3 is 26.2 Å². The minimum atomic E-state index is -1.11. The number of aliphatic carboxylic acids is 1. The van der Waals surface area contributed by atoms with Crippen LogP contribution in [0.3, 0.4) is 0 Å². The Bertz CT molecular complexity index is 747. The molecular weight excluding hydrogens is 370 g/mol.